The number of ether oxygens (including phenoxy) is 2. The summed E-state index contributed by atoms with van der Waals surface area (Å²) in [6, 6.07) is 10.2. The molecule has 0 aromatic heterocycles. The van der Waals surface area contributed by atoms with Gasteiger partial charge in [0.25, 0.3) is 0 Å². The molecule has 2 heterocycles. The van der Waals surface area contributed by atoms with Gasteiger partial charge >= 0.3 is 12.2 Å². The third kappa shape index (κ3) is 7.90. The molecule has 2 amide bonds. The average molecular weight is 474 g/mol. The van der Waals surface area contributed by atoms with Crippen molar-refractivity contribution < 1.29 is 19.1 Å². The van der Waals surface area contributed by atoms with Crippen LogP contribution in [0, 0.1) is 5.41 Å². The molecule has 7 nitrogen and oxygen atoms in total. The van der Waals surface area contributed by atoms with Gasteiger partial charge in [-0.2, -0.15) is 0 Å². The Bertz CT molecular complexity index is 777. The maximum Gasteiger partial charge on any atom is 0.410 e. The smallest absolute Gasteiger partial charge is 0.410 e. The molecule has 0 bridgehead atoms. The summed E-state index contributed by atoms with van der Waals surface area (Å²) in [4.78, 5) is 28.6. The minimum absolute atomic E-state index is 0.197. The minimum atomic E-state index is -0.459. The zero-order valence-electron chi connectivity index (χ0n) is 21.5. The molecule has 0 atom stereocenters. The van der Waals surface area contributed by atoms with E-state index in [2.05, 4.69) is 12.2 Å². The van der Waals surface area contributed by atoms with E-state index in [-0.39, 0.29) is 17.6 Å². The first kappa shape index (κ1) is 26.3. The normalized spacial score (nSPS) is 19.1. The van der Waals surface area contributed by atoms with Crippen LogP contribution in [0.4, 0.5) is 9.59 Å². The zero-order chi connectivity index (χ0) is 24.6. The van der Waals surface area contributed by atoms with E-state index in [1.807, 2.05) is 60.9 Å². The molecular weight excluding hydrogens is 430 g/mol. The van der Waals surface area contributed by atoms with E-state index in [9.17, 15) is 9.59 Å². The second kappa shape index (κ2) is 11.9. The molecule has 0 unspecified atom stereocenters. The standard InChI is InChI=1S/C27H43N3O4/c1-5-13-27(14-18-30(19-15-27)25(32)34-26(2,3)4)21-28-23-11-16-29(17-12-23)24(31)33-20-22-9-7-6-8-10-22/h6-10,23,28H,5,11-21H2,1-4H3. The van der Waals surface area contributed by atoms with Crippen molar-refractivity contribution in [2.24, 2.45) is 5.41 Å². The summed E-state index contributed by atoms with van der Waals surface area (Å²) in [6.45, 7) is 12.2. The largest absolute Gasteiger partial charge is 0.445 e. The highest BCUT2D eigenvalue weighted by atomic mass is 16.6. The van der Waals surface area contributed by atoms with Crippen LogP contribution in [0.3, 0.4) is 0 Å². The van der Waals surface area contributed by atoms with E-state index >= 15 is 0 Å². The number of hydrogen-bond donors (Lipinski definition) is 1. The first-order valence-corrected chi connectivity index (χ1v) is 12.9. The van der Waals surface area contributed by atoms with Crippen molar-refractivity contribution >= 4 is 12.2 Å². The van der Waals surface area contributed by atoms with Gasteiger partial charge in [0, 0.05) is 38.8 Å². The summed E-state index contributed by atoms with van der Waals surface area (Å²) in [5.41, 5.74) is 0.768. The van der Waals surface area contributed by atoms with E-state index in [0.717, 1.165) is 76.8 Å². The van der Waals surface area contributed by atoms with Crippen LogP contribution in [0.1, 0.15) is 71.8 Å². The van der Waals surface area contributed by atoms with Gasteiger partial charge in [0.05, 0.1) is 0 Å². The van der Waals surface area contributed by atoms with Gasteiger partial charge in [0.15, 0.2) is 0 Å². The van der Waals surface area contributed by atoms with Gasteiger partial charge in [-0.25, -0.2) is 9.59 Å². The molecule has 1 aromatic rings. The van der Waals surface area contributed by atoms with Gasteiger partial charge in [-0.05, 0) is 63.9 Å². The van der Waals surface area contributed by atoms with Crippen LogP contribution in [-0.4, -0.2) is 66.4 Å². The van der Waals surface area contributed by atoms with Crippen LogP contribution in [0.2, 0.25) is 0 Å². The number of hydrogen-bond acceptors (Lipinski definition) is 5. The van der Waals surface area contributed by atoms with Crippen LogP contribution in [-0.2, 0) is 16.1 Å². The fraction of sp³-hybridized carbons (Fsp3) is 0.704. The lowest BCUT2D eigenvalue weighted by atomic mass is 9.74. The molecule has 1 N–H and O–H groups in total. The molecule has 2 aliphatic rings. The van der Waals surface area contributed by atoms with E-state index in [4.69, 9.17) is 9.47 Å². The summed E-state index contributed by atoms with van der Waals surface area (Å²) in [5.74, 6) is 0. The number of carbonyl (C=O) groups is 2. The molecule has 190 valence electrons. The number of piperidine rings is 2. The molecule has 0 aliphatic carbocycles. The predicted molar refractivity (Wildman–Crippen MR) is 134 cm³/mol. The Balaban J connectivity index is 1.41. The maximum absolute atomic E-state index is 12.4. The van der Waals surface area contributed by atoms with Crippen molar-refractivity contribution in [3.63, 3.8) is 0 Å². The van der Waals surface area contributed by atoms with E-state index < -0.39 is 5.60 Å². The van der Waals surface area contributed by atoms with Crippen molar-refractivity contribution in [1.82, 2.24) is 15.1 Å². The van der Waals surface area contributed by atoms with Crippen molar-refractivity contribution in [2.45, 2.75) is 84.5 Å². The monoisotopic (exact) mass is 473 g/mol. The Morgan fingerprint density at radius 1 is 1.00 bits per heavy atom. The van der Waals surface area contributed by atoms with Crippen molar-refractivity contribution in [3.05, 3.63) is 35.9 Å². The van der Waals surface area contributed by atoms with E-state index in [1.165, 1.54) is 0 Å². The number of rotatable bonds is 7. The Morgan fingerprint density at radius 2 is 1.62 bits per heavy atom. The second-order valence-corrected chi connectivity index (χ2v) is 10.9. The van der Waals surface area contributed by atoms with E-state index in [1.54, 1.807) is 0 Å². The molecule has 2 fully saturated rings. The Kier molecular flexibility index (Phi) is 9.23. The summed E-state index contributed by atoms with van der Waals surface area (Å²) in [7, 11) is 0. The predicted octanol–water partition coefficient (Wildman–Crippen LogP) is 5.19. The number of nitrogens with one attached hydrogen (secondary N) is 1. The molecule has 0 saturated carbocycles. The maximum atomic E-state index is 12.4. The molecule has 2 saturated heterocycles. The number of amides is 2. The highest BCUT2D eigenvalue weighted by Crippen LogP contribution is 2.36. The zero-order valence-corrected chi connectivity index (χ0v) is 21.5. The fourth-order valence-electron chi connectivity index (χ4n) is 4.97. The van der Waals surface area contributed by atoms with Crippen molar-refractivity contribution in [3.8, 4) is 0 Å². The van der Waals surface area contributed by atoms with Gasteiger partial charge in [-0.3, -0.25) is 0 Å². The van der Waals surface area contributed by atoms with Crippen LogP contribution in [0.15, 0.2) is 30.3 Å². The highest BCUT2D eigenvalue weighted by Gasteiger charge is 2.37. The number of carbonyl (C=O) groups excluding carboxylic acids is 2. The van der Waals surface area contributed by atoms with Crippen molar-refractivity contribution in [2.75, 3.05) is 32.7 Å². The summed E-state index contributed by atoms with van der Waals surface area (Å²) in [5, 5.41) is 3.80. The molecule has 0 radical (unpaired) electrons. The van der Waals surface area contributed by atoms with Crippen molar-refractivity contribution in [1.29, 1.82) is 0 Å². The molecule has 2 aliphatic heterocycles. The Morgan fingerprint density at radius 3 is 2.21 bits per heavy atom. The van der Waals surface area contributed by atoms with Crippen LogP contribution >= 0.6 is 0 Å². The number of nitrogens with zero attached hydrogens (tertiary/aromatic N) is 2. The molecular formula is C27H43N3O4. The quantitative estimate of drug-likeness (QED) is 0.590. The summed E-state index contributed by atoms with van der Waals surface area (Å²) < 4.78 is 11.1. The third-order valence-corrected chi connectivity index (χ3v) is 6.98. The first-order valence-electron chi connectivity index (χ1n) is 12.9. The van der Waals surface area contributed by atoms with E-state index in [0.29, 0.717) is 12.6 Å². The second-order valence-electron chi connectivity index (χ2n) is 10.9. The molecule has 34 heavy (non-hydrogen) atoms. The average Bonchev–Trinajstić information content (AvgIpc) is 2.82. The lowest BCUT2D eigenvalue weighted by Gasteiger charge is -2.43. The van der Waals surface area contributed by atoms with Gasteiger partial charge in [0.2, 0.25) is 0 Å². The molecule has 1 aromatic carbocycles. The Labute approximate surface area is 205 Å². The van der Waals surface area contributed by atoms with Gasteiger partial charge in [0.1, 0.15) is 12.2 Å². The van der Waals surface area contributed by atoms with Crippen LogP contribution in [0.25, 0.3) is 0 Å². The number of benzene rings is 1. The summed E-state index contributed by atoms with van der Waals surface area (Å²) >= 11 is 0. The molecule has 0 spiro atoms. The topological polar surface area (TPSA) is 71.1 Å². The van der Waals surface area contributed by atoms with Crippen LogP contribution in [0.5, 0.6) is 0 Å². The summed E-state index contributed by atoms with van der Waals surface area (Å²) in [6.07, 6.45) is 5.75. The molecule has 3 rings (SSSR count). The SMILES string of the molecule is CCCC1(CNC2CCN(C(=O)OCc3ccccc3)CC2)CCN(C(=O)OC(C)(C)C)CC1. The number of likely N-dealkylation sites (tertiary alicyclic amines) is 2. The van der Waals surface area contributed by atoms with Gasteiger partial charge in [-0.1, -0.05) is 43.7 Å². The van der Waals surface area contributed by atoms with Gasteiger partial charge in [-0.15, -0.1) is 0 Å². The lowest BCUT2D eigenvalue weighted by molar-refractivity contribution is 0.00803. The first-order chi connectivity index (χ1) is 16.2. The van der Waals surface area contributed by atoms with Crippen LogP contribution < -0.4 is 5.32 Å². The Hall–Kier alpha value is -2.28. The third-order valence-electron chi connectivity index (χ3n) is 6.98. The fourth-order valence-corrected chi connectivity index (χ4v) is 4.97. The highest BCUT2D eigenvalue weighted by molar-refractivity contribution is 5.68. The van der Waals surface area contributed by atoms with Gasteiger partial charge < -0.3 is 24.6 Å². The lowest BCUT2D eigenvalue weighted by Crippen LogP contribution is -2.51. The minimum Gasteiger partial charge on any atom is -0.445 e. The molecule has 7 heteroatoms.